The van der Waals surface area contributed by atoms with Crippen LogP contribution in [0.15, 0.2) is 60.4 Å². The lowest BCUT2D eigenvalue weighted by atomic mass is 9.93. The average Bonchev–Trinajstić information content (AvgIpc) is 3.81. The Kier molecular flexibility index (Phi) is 7.95. The molecule has 10 heteroatoms. The number of benzene rings is 2. The number of dihydropyridines is 1. The minimum Gasteiger partial charge on any atom is -0.478 e. The minimum absolute atomic E-state index is 0.0306. The van der Waals surface area contributed by atoms with Crippen LogP contribution in [0.25, 0.3) is 11.0 Å². The van der Waals surface area contributed by atoms with Crippen LogP contribution < -0.4 is 5.32 Å². The van der Waals surface area contributed by atoms with Crippen molar-refractivity contribution in [3.05, 3.63) is 88.8 Å². The smallest absolute Gasteiger partial charge is 0.335 e. The SMILES string of the molecule is O=C(O)c1ccc2nc(CC3CCN(C4=CC=CC(OCc5ccc(C(=O)C6CC6)cc5F)N4)CC3)n(C[C@@H]3CCO3)c2c1. The highest BCUT2D eigenvalue weighted by Crippen LogP contribution is 2.33. The number of halogens is 1. The van der Waals surface area contributed by atoms with Crippen LogP contribution in [-0.4, -0.2) is 63.3 Å². The van der Waals surface area contributed by atoms with Gasteiger partial charge < -0.3 is 29.4 Å². The maximum absolute atomic E-state index is 14.7. The van der Waals surface area contributed by atoms with Crippen molar-refractivity contribution in [3.63, 3.8) is 0 Å². The van der Waals surface area contributed by atoms with Gasteiger partial charge in [-0.3, -0.25) is 4.79 Å². The predicted molar refractivity (Wildman–Crippen MR) is 161 cm³/mol. The fraction of sp³-hybridized carbons (Fsp3) is 0.441. The molecule has 0 amide bonds. The number of allylic oxidation sites excluding steroid dienone is 2. The Morgan fingerprint density at radius 1 is 1.07 bits per heavy atom. The van der Waals surface area contributed by atoms with Crippen molar-refractivity contribution >= 4 is 22.8 Å². The number of nitrogens with zero attached hydrogens (tertiary/aromatic N) is 3. The highest BCUT2D eigenvalue weighted by Gasteiger charge is 2.31. The first kappa shape index (κ1) is 28.7. The molecule has 0 radical (unpaired) electrons. The quantitative estimate of drug-likeness (QED) is 0.295. The van der Waals surface area contributed by atoms with E-state index < -0.39 is 11.8 Å². The van der Waals surface area contributed by atoms with Crippen molar-refractivity contribution < 1.29 is 28.6 Å². The first-order valence-electron chi connectivity index (χ1n) is 15.6. The number of ketones is 1. The molecule has 1 unspecified atom stereocenters. The van der Waals surface area contributed by atoms with E-state index in [0.29, 0.717) is 23.6 Å². The second-order valence-electron chi connectivity index (χ2n) is 12.3. The van der Waals surface area contributed by atoms with Crippen LogP contribution in [-0.2, 0) is 29.0 Å². The van der Waals surface area contributed by atoms with E-state index in [4.69, 9.17) is 14.5 Å². The zero-order valence-corrected chi connectivity index (χ0v) is 24.6. The highest BCUT2D eigenvalue weighted by atomic mass is 19.1. The van der Waals surface area contributed by atoms with E-state index in [2.05, 4.69) is 14.8 Å². The Balaban J connectivity index is 0.942. The van der Waals surface area contributed by atoms with E-state index in [0.717, 1.165) is 80.9 Å². The van der Waals surface area contributed by atoms with Crippen molar-refractivity contribution in [2.75, 3.05) is 19.7 Å². The number of nitrogens with one attached hydrogen (secondary N) is 1. The third kappa shape index (κ3) is 6.14. The lowest BCUT2D eigenvalue weighted by Gasteiger charge is -2.37. The summed E-state index contributed by atoms with van der Waals surface area (Å²) in [6.07, 6.45) is 11.3. The van der Waals surface area contributed by atoms with Gasteiger partial charge in [0.1, 0.15) is 23.7 Å². The molecule has 4 heterocycles. The summed E-state index contributed by atoms with van der Waals surface area (Å²) in [4.78, 5) is 31.1. The number of imidazole rings is 1. The number of hydrogen-bond donors (Lipinski definition) is 2. The second-order valence-corrected chi connectivity index (χ2v) is 12.3. The first-order chi connectivity index (χ1) is 21.4. The molecule has 4 aliphatic rings. The Morgan fingerprint density at radius 2 is 1.86 bits per heavy atom. The molecule has 0 bridgehead atoms. The zero-order chi connectivity index (χ0) is 30.2. The number of carboxylic acids is 1. The molecular formula is C34H37FN4O5. The number of fused-ring (bicyclic) bond motifs is 1. The van der Waals surface area contributed by atoms with Gasteiger partial charge in [-0.15, -0.1) is 0 Å². The van der Waals surface area contributed by atoms with Crippen LogP contribution in [0.3, 0.4) is 0 Å². The van der Waals surface area contributed by atoms with Gasteiger partial charge in [-0.2, -0.15) is 0 Å². The molecule has 3 fully saturated rings. The van der Waals surface area contributed by atoms with Crippen molar-refractivity contribution in [2.24, 2.45) is 11.8 Å². The lowest BCUT2D eigenvalue weighted by Crippen LogP contribution is -2.43. The van der Waals surface area contributed by atoms with Gasteiger partial charge in [-0.25, -0.2) is 14.2 Å². The topological polar surface area (TPSA) is 106 Å². The predicted octanol–water partition coefficient (Wildman–Crippen LogP) is 5.05. The molecule has 9 nitrogen and oxygen atoms in total. The summed E-state index contributed by atoms with van der Waals surface area (Å²) in [5.74, 6) is 1.16. The van der Waals surface area contributed by atoms with Crippen molar-refractivity contribution in [1.29, 1.82) is 0 Å². The third-order valence-electron chi connectivity index (χ3n) is 9.21. The summed E-state index contributed by atoms with van der Waals surface area (Å²) in [7, 11) is 0. The Labute approximate surface area is 255 Å². The molecule has 1 aliphatic carbocycles. The van der Waals surface area contributed by atoms with Gasteiger partial charge >= 0.3 is 5.97 Å². The Morgan fingerprint density at radius 3 is 2.57 bits per heavy atom. The van der Waals surface area contributed by atoms with E-state index >= 15 is 0 Å². The van der Waals surface area contributed by atoms with Gasteiger partial charge in [0.2, 0.25) is 0 Å². The molecule has 1 saturated carbocycles. The molecule has 44 heavy (non-hydrogen) atoms. The molecule has 3 aromatic rings. The number of carbonyl (C=O) groups excluding carboxylic acids is 1. The molecule has 1 aromatic heterocycles. The van der Waals surface area contributed by atoms with E-state index in [1.54, 1.807) is 30.3 Å². The van der Waals surface area contributed by atoms with Gasteiger partial charge in [-0.05, 0) is 74.4 Å². The molecule has 0 spiro atoms. The maximum atomic E-state index is 14.7. The molecule has 3 aliphatic heterocycles. The number of Topliss-reactive ketones (excluding diaryl/α,β-unsaturated/α-hetero) is 1. The first-order valence-corrected chi connectivity index (χ1v) is 15.6. The number of likely N-dealkylation sites (tertiary alicyclic amines) is 1. The van der Waals surface area contributed by atoms with Gasteiger partial charge in [0.25, 0.3) is 0 Å². The normalized spacial score (nSPS) is 22.0. The Hall–Kier alpha value is -4.02. The van der Waals surface area contributed by atoms with Gasteiger partial charge in [0.05, 0.1) is 35.9 Å². The number of hydrogen-bond acceptors (Lipinski definition) is 7. The number of ether oxygens (including phenoxy) is 2. The van der Waals surface area contributed by atoms with Gasteiger partial charge in [0.15, 0.2) is 5.78 Å². The summed E-state index contributed by atoms with van der Waals surface area (Å²) < 4.78 is 28.6. The molecular weight excluding hydrogens is 563 g/mol. The van der Waals surface area contributed by atoms with Crippen LogP contribution in [0.1, 0.15) is 64.2 Å². The summed E-state index contributed by atoms with van der Waals surface area (Å²) in [6, 6.07) is 9.83. The standard InChI is InChI=1S/C34H37FN4O5/c35-27-17-23(33(40)22-4-5-22)6-7-25(27)20-44-32-3-1-2-30(37-32)38-13-10-21(11-14-38)16-31-36-28-9-8-24(34(41)42)18-29(28)39(31)19-26-12-15-43-26/h1-3,6-9,17-18,21-22,26,32,37H,4-5,10-16,19-20H2,(H,41,42)/t26-,32?/m0/s1. The van der Waals surface area contributed by atoms with Crippen molar-refractivity contribution in [3.8, 4) is 0 Å². The molecule has 2 atom stereocenters. The number of piperidine rings is 1. The van der Waals surface area contributed by atoms with E-state index in [1.165, 1.54) is 6.07 Å². The second kappa shape index (κ2) is 12.2. The third-order valence-corrected chi connectivity index (χ3v) is 9.21. The van der Waals surface area contributed by atoms with Crippen molar-refractivity contribution in [1.82, 2.24) is 19.8 Å². The van der Waals surface area contributed by atoms with Gasteiger partial charge in [-0.1, -0.05) is 18.2 Å². The van der Waals surface area contributed by atoms with Crippen molar-refractivity contribution in [2.45, 2.75) is 64.0 Å². The van der Waals surface area contributed by atoms with E-state index in [-0.39, 0.29) is 36.2 Å². The summed E-state index contributed by atoms with van der Waals surface area (Å²) in [5, 5.41) is 12.9. The maximum Gasteiger partial charge on any atom is 0.335 e. The number of carboxylic acid groups (broad SMARTS) is 1. The largest absolute Gasteiger partial charge is 0.478 e. The van der Waals surface area contributed by atoms with E-state index in [1.807, 2.05) is 18.2 Å². The minimum atomic E-state index is -0.941. The fourth-order valence-corrected chi connectivity index (χ4v) is 6.30. The molecule has 2 aromatic carbocycles. The summed E-state index contributed by atoms with van der Waals surface area (Å²) in [5.41, 5.74) is 2.80. The number of rotatable bonds is 11. The number of aromatic nitrogens is 2. The molecule has 2 N–H and O–H groups in total. The van der Waals surface area contributed by atoms with Crippen LogP contribution in [0.5, 0.6) is 0 Å². The van der Waals surface area contributed by atoms with Crippen LogP contribution in [0.2, 0.25) is 0 Å². The zero-order valence-electron chi connectivity index (χ0n) is 24.6. The average molecular weight is 601 g/mol. The van der Waals surface area contributed by atoms with Gasteiger partial charge in [0, 0.05) is 43.2 Å². The summed E-state index contributed by atoms with van der Waals surface area (Å²) >= 11 is 0. The lowest BCUT2D eigenvalue weighted by molar-refractivity contribution is -0.0590. The number of carbonyl (C=O) groups is 2. The van der Waals surface area contributed by atoms with Crippen LogP contribution >= 0.6 is 0 Å². The molecule has 7 rings (SSSR count). The molecule has 2 saturated heterocycles. The highest BCUT2D eigenvalue weighted by molar-refractivity contribution is 5.99. The van der Waals surface area contributed by atoms with E-state index in [9.17, 15) is 19.1 Å². The fourth-order valence-electron chi connectivity index (χ4n) is 6.30. The summed E-state index contributed by atoms with van der Waals surface area (Å²) in [6.45, 7) is 3.31. The Bertz CT molecular complexity index is 1630. The molecule has 230 valence electrons. The monoisotopic (exact) mass is 600 g/mol. The van der Waals surface area contributed by atoms with Crippen LogP contribution in [0, 0.1) is 17.7 Å². The van der Waals surface area contributed by atoms with Crippen LogP contribution in [0.4, 0.5) is 4.39 Å². The number of aromatic carboxylic acids is 1.